The number of phenols is 1. The van der Waals surface area contributed by atoms with Crippen molar-refractivity contribution in [2.24, 2.45) is 0 Å². The largest absolute Gasteiger partial charge is 0.507 e. The number of Topliss-reactive ketones (excluding diaryl/α,β-unsaturated/α-hetero) is 1. The van der Waals surface area contributed by atoms with Gasteiger partial charge in [-0.25, -0.2) is 0 Å². The molecule has 0 fully saturated rings. The van der Waals surface area contributed by atoms with Gasteiger partial charge < -0.3 is 15.1 Å². The molecule has 1 atom stereocenters. The Bertz CT molecular complexity index is 1060. The van der Waals surface area contributed by atoms with Crippen molar-refractivity contribution in [1.82, 2.24) is 0 Å². The molecule has 3 aromatic rings. The monoisotopic (exact) mass is 347 g/mol. The van der Waals surface area contributed by atoms with Gasteiger partial charge in [-0.1, -0.05) is 48.5 Å². The Labute approximate surface area is 150 Å². The van der Waals surface area contributed by atoms with Gasteiger partial charge >= 0.3 is 0 Å². The molecule has 0 saturated heterocycles. The maximum absolute atomic E-state index is 12.8. The second-order valence-corrected chi connectivity index (χ2v) is 6.52. The molecule has 1 unspecified atom stereocenters. The lowest BCUT2D eigenvalue weighted by Gasteiger charge is -2.21. The van der Waals surface area contributed by atoms with Crippen molar-refractivity contribution in [3.8, 4) is 5.75 Å². The van der Waals surface area contributed by atoms with Crippen molar-refractivity contribution in [3.05, 3.63) is 71.8 Å². The molecule has 0 aliphatic carbocycles. The van der Waals surface area contributed by atoms with Crippen LogP contribution in [-0.4, -0.2) is 29.0 Å². The molecule has 0 spiro atoms. The van der Waals surface area contributed by atoms with Gasteiger partial charge in [0, 0.05) is 18.0 Å². The number of carbonyl (C=O) groups is 2. The van der Waals surface area contributed by atoms with Crippen molar-refractivity contribution in [3.63, 3.8) is 0 Å². The van der Waals surface area contributed by atoms with Crippen LogP contribution in [-0.2, 0) is 10.4 Å². The number of rotatable bonds is 3. The highest BCUT2D eigenvalue weighted by atomic mass is 16.3. The Hall–Kier alpha value is -3.18. The SMILES string of the molecule is CN1C(=O)C(O)(CC(=O)c2ccc3ccccc3c2O)c2ccccc21. The minimum Gasteiger partial charge on any atom is -0.507 e. The number of hydrogen-bond donors (Lipinski definition) is 2. The highest BCUT2D eigenvalue weighted by Gasteiger charge is 2.49. The number of fused-ring (bicyclic) bond motifs is 2. The maximum Gasteiger partial charge on any atom is 0.263 e. The van der Waals surface area contributed by atoms with E-state index in [9.17, 15) is 19.8 Å². The Morgan fingerprint density at radius 3 is 2.54 bits per heavy atom. The summed E-state index contributed by atoms with van der Waals surface area (Å²) < 4.78 is 0. The van der Waals surface area contributed by atoms with Gasteiger partial charge in [0.1, 0.15) is 5.75 Å². The molecule has 26 heavy (non-hydrogen) atoms. The van der Waals surface area contributed by atoms with Crippen molar-refractivity contribution < 1.29 is 19.8 Å². The molecule has 130 valence electrons. The standard InChI is InChI=1S/C21H17NO4/c1-22-17-9-5-4-8-16(17)21(26,20(22)25)12-18(23)15-11-10-13-6-2-3-7-14(13)19(15)24/h2-11,24,26H,12H2,1H3. The van der Waals surface area contributed by atoms with E-state index in [0.29, 0.717) is 16.6 Å². The molecule has 0 radical (unpaired) electrons. The van der Waals surface area contributed by atoms with E-state index in [2.05, 4.69) is 0 Å². The van der Waals surface area contributed by atoms with Crippen LogP contribution in [0.2, 0.25) is 0 Å². The second-order valence-electron chi connectivity index (χ2n) is 6.52. The Kier molecular flexibility index (Phi) is 3.56. The smallest absolute Gasteiger partial charge is 0.263 e. The number of nitrogens with zero attached hydrogens (tertiary/aromatic N) is 1. The van der Waals surface area contributed by atoms with Crippen LogP contribution in [0.1, 0.15) is 22.3 Å². The summed E-state index contributed by atoms with van der Waals surface area (Å²) in [5, 5.41) is 22.9. The van der Waals surface area contributed by atoms with Gasteiger partial charge in [0.05, 0.1) is 17.7 Å². The fourth-order valence-corrected chi connectivity index (χ4v) is 3.60. The molecule has 1 heterocycles. The Morgan fingerprint density at radius 2 is 1.73 bits per heavy atom. The maximum atomic E-state index is 12.8. The molecule has 4 rings (SSSR count). The first kappa shape index (κ1) is 16.3. The lowest BCUT2D eigenvalue weighted by Crippen LogP contribution is -2.40. The summed E-state index contributed by atoms with van der Waals surface area (Å²) in [5.74, 6) is -1.18. The fraction of sp³-hybridized carbons (Fsp3) is 0.143. The first-order valence-corrected chi connectivity index (χ1v) is 8.27. The number of amides is 1. The molecule has 0 saturated carbocycles. The predicted molar refractivity (Wildman–Crippen MR) is 98.3 cm³/mol. The van der Waals surface area contributed by atoms with Gasteiger partial charge in [0.25, 0.3) is 5.91 Å². The van der Waals surface area contributed by atoms with Crippen molar-refractivity contribution in [1.29, 1.82) is 0 Å². The summed E-state index contributed by atoms with van der Waals surface area (Å²) in [6, 6.07) is 17.3. The average molecular weight is 347 g/mol. The van der Waals surface area contributed by atoms with E-state index in [4.69, 9.17) is 0 Å². The van der Waals surface area contributed by atoms with Gasteiger partial charge in [-0.2, -0.15) is 0 Å². The van der Waals surface area contributed by atoms with Crippen LogP contribution in [0.25, 0.3) is 10.8 Å². The summed E-state index contributed by atoms with van der Waals surface area (Å²) in [7, 11) is 1.57. The van der Waals surface area contributed by atoms with Gasteiger partial charge in [0.15, 0.2) is 11.4 Å². The quantitative estimate of drug-likeness (QED) is 0.714. The van der Waals surface area contributed by atoms with Gasteiger partial charge in [-0.3, -0.25) is 9.59 Å². The summed E-state index contributed by atoms with van der Waals surface area (Å²) >= 11 is 0. The van der Waals surface area contributed by atoms with Crippen LogP contribution in [0, 0.1) is 0 Å². The number of anilines is 1. The number of aromatic hydroxyl groups is 1. The summed E-state index contributed by atoms with van der Waals surface area (Å²) in [5.41, 5.74) is -0.853. The van der Waals surface area contributed by atoms with Crippen molar-refractivity contribution >= 4 is 28.2 Å². The van der Waals surface area contributed by atoms with Crippen LogP contribution in [0.4, 0.5) is 5.69 Å². The number of aliphatic hydroxyl groups is 1. The number of carbonyl (C=O) groups excluding carboxylic acids is 2. The second kappa shape index (κ2) is 5.68. The third-order valence-corrected chi connectivity index (χ3v) is 4.99. The zero-order chi connectivity index (χ0) is 18.5. The van der Waals surface area contributed by atoms with E-state index in [1.807, 2.05) is 12.1 Å². The van der Waals surface area contributed by atoms with Crippen LogP contribution < -0.4 is 4.90 Å². The highest BCUT2D eigenvalue weighted by Crippen LogP contribution is 2.42. The number of hydrogen-bond acceptors (Lipinski definition) is 4. The normalized spacial score (nSPS) is 19.0. The van der Waals surface area contributed by atoms with Crippen LogP contribution in [0.5, 0.6) is 5.75 Å². The minimum absolute atomic E-state index is 0.0944. The molecule has 2 N–H and O–H groups in total. The van der Waals surface area contributed by atoms with E-state index < -0.39 is 23.7 Å². The van der Waals surface area contributed by atoms with Crippen molar-refractivity contribution in [2.75, 3.05) is 11.9 Å². The number of phenolic OH excluding ortho intramolecular Hbond substituents is 1. The van der Waals surface area contributed by atoms with Crippen molar-refractivity contribution in [2.45, 2.75) is 12.0 Å². The molecular weight excluding hydrogens is 330 g/mol. The third-order valence-electron chi connectivity index (χ3n) is 4.99. The van der Waals surface area contributed by atoms with E-state index in [1.165, 1.54) is 11.0 Å². The molecule has 1 amide bonds. The van der Waals surface area contributed by atoms with E-state index in [0.717, 1.165) is 5.39 Å². The molecule has 1 aliphatic rings. The topological polar surface area (TPSA) is 77.8 Å². The minimum atomic E-state index is -1.93. The number of benzene rings is 3. The first-order valence-electron chi connectivity index (χ1n) is 8.27. The zero-order valence-corrected chi connectivity index (χ0v) is 14.1. The summed E-state index contributed by atoms with van der Waals surface area (Å²) in [4.78, 5) is 26.8. The van der Waals surface area contributed by atoms with Crippen LogP contribution >= 0.6 is 0 Å². The third kappa shape index (κ3) is 2.21. The molecular formula is C21H17NO4. The molecule has 5 nitrogen and oxygen atoms in total. The van der Waals surface area contributed by atoms with Gasteiger partial charge in [-0.05, 0) is 17.5 Å². The molecule has 0 aromatic heterocycles. The number of ketones is 1. The van der Waals surface area contributed by atoms with Crippen LogP contribution in [0.3, 0.4) is 0 Å². The number of para-hydroxylation sites is 1. The van der Waals surface area contributed by atoms with E-state index >= 15 is 0 Å². The summed E-state index contributed by atoms with van der Waals surface area (Å²) in [6.07, 6.45) is -0.431. The van der Waals surface area contributed by atoms with E-state index in [-0.39, 0.29) is 11.3 Å². The fourth-order valence-electron chi connectivity index (χ4n) is 3.60. The molecule has 3 aromatic carbocycles. The van der Waals surface area contributed by atoms with Crippen LogP contribution in [0.15, 0.2) is 60.7 Å². The van der Waals surface area contributed by atoms with Gasteiger partial charge in [0.2, 0.25) is 0 Å². The lowest BCUT2D eigenvalue weighted by molar-refractivity contribution is -0.135. The zero-order valence-electron chi connectivity index (χ0n) is 14.1. The summed E-state index contributed by atoms with van der Waals surface area (Å²) in [6.45, 7) is 0. The van der Waals surface area contributed by atoms with E-state index in [1.54, 1.807) is 49.5 Å². The Morgan fingerprint density at radius 1 is 1.04 bits per heavy atom. The highest BCUT2D eigenvalue weighted by molar-refractivity contribution is 6.12. The Balaban J connectivity index is 1.75. The molecule has 0 bridgehead atoms. The average Bonchev–Trinajstić information content (AvgIpc) is 2.84. The van der Waals surface area contributed by atoms with Gasteiger partial charge in [-0.15, -0.1) is 0 Å². The molecule has 1 aliphatic heterocycles. The predicted octanol–water partition coefficient (Wildman–Crippen LogP) is 2.98. The first-order chi connectivity index (χ1) is 12.4. The number of likely N-dealkylation sites (N-methyl/N-ethyl adjacent to an activating group) is 1. The lowest BCUT2D eigenvalue weighted by atomic mass is 9.87. The molecule has 5 heteroatoms.